The molecule has 0 aliphatic rings. The van der Waals surface area contributed by atoms with Crippen LogP contribution < -0.4 is 5.32 Å². The predicted octanol–water partition coefficient (Wildman–Crippen LogP) is 0.203. The summed E-state index contributed by atoms with van der Waals surface area (Å²) in [5.41, 5.74) is 1.18. The van der Waals surface area contributed by atoms with Gasteiger partial charge >= 0.3 is 0 Å². The fourth-order valence-electron chi connectivity index (χ4n) is 1.88. The van der Waals surface area contributed by atoms with E-state index in [1.165, 1.54) is 0 Å². The average Bonchev–Trinajstić information content (AvgIpc) is 2.28. The molecule has 0 aliphatic carbocycles. The van der Waals surface area contributed by atoms with Gasteiger partial charge in [0, 0.05) is 5.54 Å². The third-order valence-corrected chi connectivity index (χ3v) is 2.72. The van der Waals surface area contributed by atoms with Crippen molar-refractivity contribution in [3.8, 4) is 5.75 Å². The number of carbonyl (C=O) groups excluding carboxylic acids is 1. The van der Waals surface area contributed by atoms with Crippen LogP contribution in [-0.2, 0) is 11.2 Å². The Morgan fingerprint density at radius 1 is 1.39 bits per heavy atom. The minimum Gasteiger partial charge on any atom is -0.508 e. The van der Waals surface area contributed by atoms with Gasteiger partial charge in [-0.05, 0) is 44.9 Å². The SMILES string of the molecule is BBC(=O)C(Cc1ccc(O)cc1)NC(C)(C)C. The van der Waals surface area contributed by atoms with Gasteiger partial charge in [-0.3, -0.25) is 0 Å². The van der Waals surface area contributed by atoms with E-state index >= 15 is 0 Å². The number of nitrogens with one attached hydrogen (secondary N) is 1. The monoisotopic (exact) mass is 245 g/mol. The summed E-state index contributed by atoms with van der Waals surface area (Å²) in [5.74, 6) is 0.251. The molecule has 18 heavy (non-hydrogen) atoms. The molecule has 1 aromatic rings. The largest absolute Gasteiger partial charge is 0.508 e. The standard InChI is InChI=1S/C13H21B2NO2/c1-13(2,3)16-11(12(18)15-14)8-9-4-6-10(17)7-5-9/h4-7,11,15-17H,8,14H2,1-3H3. The molecule has 0 heterocycles. The number of aromatic hydroxyl groups is 1. The van der Waals surface area contributed by atoms with Crippen LogP contribution in [0.1, 0.15) is 26.3 Å². The van der Waals surface area contributed by atoms with Crippen molar-refractivity contribution in [2.24, 2.45) is 0 Å². The molecule has 0 bridgehead atoms. The topological polar surface area (TPSA) is 49.3 Å². The van der Waals surface area contributed by atoms with Gasteiger partial charge in [-0.1, -0.05) is 12.1 Å². The molecule has 0 saturated heterocycles. The van der Waals surface area contributed by atoms with Crippen molar-refractivity contribution < 1.29 is 9.90 Å². The first kappa shape index (κ1) is 14.8. The van der Waals surface area contributed by atoms with E-state index in [2.05, 4.69) is 26.1 Å². The zero-order chi connectivity index (χ0) is 13.8. The Labute approximate surface area is 111 Å². The van der Waals surface area contributed by atoms with Gasteiger partial charge in [-0.2, -0.15) is 0 Å². The van der Waals surface area contributed by atoms with Crippen LogP contribution in [0.4, 0.5) is 0 Å². The van der Waals surface area contributed by atoms with E-state index in [4.69, 9.17) is 0 Å². The molecule has 0 fully saturated rings. The lowest BCUT2D eigenvalue weighted by molar-refractivity contribution is -0.114. The lowest BCUT2D eigenvalue weighted by Crippen LogP contribution is -2.50. The van der Waals surface area contributed by atoms with E-state index in [9.17, 15) is 9.90 Å². The van der Waals surface area contributed by atoms with Crippen LogP contribution in [0.2, 0.25) is 0 Å². The lowest BCUT2D eigenvalue weighted by Gasteiger charge is -2.28. The Morgan fingerprint density at radius 3 is 2.39 bits per heavy atom. The molecule has 96 valence electrons. The predicted molar refractivity (Wildman–Crippen MR) is 79.2 cm³/mol. The summed E-state index contributed by atoms with van der Waals surface area (Å²) in [7, 11) is 2.42. The van der Waals surface area contributed by atoms with Gasteiger partial charge in [-0.25, -0.2) is 0 Å². The second-order valence-electron chi connectivity index (χ2n) is 5.64. The summed E-state index contributed by atoms with van der Waals surface area (Å²) in [6.45, 7) is 6.17. The highest BCUT2D eigenvalue weighted by Gasteiger charge is 2.22. The molecule has 0 radical (unpaired) electrons. The summed E-state index contributed by atoms with van der Waals surface area (Å²) >= 11 is 0. The molecule has 1 aromatic carbocycles. The van der Waals surface area contributed by atoms with Gasteiger partial charge < -0.3 is 15.2 Å². The van der Waals surface area contributed by atoms with E-state index < -0.39 is 0 Å². The number of rotatable bonds is 5. The van der Waals surface area contributed by atoms with E-state index in [0.717, 1.165) is 5.56 Å². The average molecular weight is 245 g/mol. The van der Waals surface area contributed by atoms with Crippen molar-refractivity contribution in [3.63, 3.8) is 0 Å². The van der Waals surface area contributed by atoms with Crippen LogP contribution in [0.25, 0.3) is 0 Å². The highest BCUT2D eigenvalue weighted by atomic mass is 16.3. The number of hydrogen-bond donors (Lipinski definition) is 2. The third-order valence-electron chi connectivity index (χ3n) is 2.72. The minimum absolute atomic E-state index is 0.0909. The van der Waals surface area contributed by atoms with E-state index in [1.54, 1.807) is 12.1 Å². The van der Waals surface area contributed by atoms with Crippen molar-refractivity contribution in [2.75, 3.05) is 0 Å². The molecule has 1 rings (SSSR count). The Morgan fingerprint density at radius 2 is 1.94 bits per heavy atom. The summed E-state index contributed by atoms with van der Waals surface area (Å²) < 4.78 is 0. The second-order valence-corrected chi connectivity index (χ2v) is 5.64. The summed E-state index contributed by atoms with van der Waals surface area (Å²) in [4.78, 5) is 11.9. The van der Waals surface area contributed by atoms with Crippen LogP contribution in [0.3, 0.4) is 0 Å². The van der Waals surface area contributed by atoms with Crippen molar-refractivity contribution >= 4 is 20.6 Å². The summed E-state index contributed by atoms with van der Waals surface area (Å²) in [6.07, 6.45) is 0.657. The second kappa shape index (κ2) is 6.10. The van der Waals surface area contributed by atoms with Gasteiger partial charge in [-0.15, -0.1) is 0 Å². The van der Waals surface area contributed by atoms with Gasteiger partial charge in [0.15, 0.2) is 7.17 Å². The highest BCUT2D eigenvalue weighted by molar-refractivity contribution is 7.08. The molecule has 0 spiro atoms. The van der Waals surface area contributed by atoms with Crippen LogP contribution in [0.15, 0.2) is 24.3 Å². The fourth-order valence-corrected chi connectivity index (χ4v) is 1.88. The zero-order valence-corrected chi connectivity index (χ0v) is 11.7. The number of hydrogen-bond acceptors (Lipinski definition) is 3. The first-order chi connectivity index (χ1) is 8.31. The molecular formula is C13H21B2NO2. The van der Waals surface area contributed by atoms with E-state index in [-0.39, 0.29) is 23.0 Å². The van der Waals surface area contributed by atoms with Crippen LogP contribution in [0.5, 0.6) is 5.75 Å². The molecule has 0 aliphatic heterocycles. The van der Waals surface area contributed by atoms with E-state index in [1.807, 2.05) is 19.9 Å². The quantitative estimate of drug-likeness (QED) is 0.728. The fraction of sp³-hybridized carbons (Fsp3) is 0.462. The van der Waals surface area contributed by atoms with Crippen LogP contribution in [-0.4, -0.2) is 37.3 Å². The maximum Gasteiger partial charge on any atom is 0.167 e. The van der Waals surface area contributed by atoms with Crippen LogP contribution in [0, 0.1) is 0 Å². The Hall–Kier alpha value is -1.22. The molecule has 1 unspecified atom stereocenters. The first-order valence-corrected chi connectivity index (χ1v) is 6.40. The van der Waals surface area contributed by atoms with Crippen molar-refractivity contribution in [1.82, 2.24) is 5.32 Å². The molecule has 0 saturated carbocycles. The minimum atomic E-state index is -0.167. The number of benzene rings is 1. The third kappa shape index (κ3) is 4.96. The normalized spacial score (nSPS) is 13.1. The molecular weight excluding hydrogens is 224 g/mol. The van der Waals surface area contributed by atoms with Gasteiger partial charge in [0.05, 0.1) is 19.5 Å². The smallest absolute Gasteiger partial charge is 0.167 e. The van der Waals surface area contributed by atoms with Crippen molar-refractivity contribution in [1.29, 1.82) is 0 Å². The number of carbonyl (C=O) groups is 1. The van der Waals surface area contributed by atoms with E-state index in [0.29, 0.717) is 13.6 Å². The Balaban J connectivity index is 2.78. The summed E-state index contributed by atoms with van der Waals surface area (Å²) in [5, 5.41) is 12.6. The maximum absolute atomic E-state index is 11.9. The Bertz CT molecular complexity index is 398. The molecule has 5 heteroatoms. The maximum atomic E-state index is 11.9. The van der Waals surface area contributed by atoms with Crippen molar-refractivity contribution in [2.45, 2.75) is 38.8 Å². The van der Waals surface area contributed by atoms with Gasteiger partial charge in [0.1, 0.15) is 5.75 Å². The molecule has 0 amide bonds. The summed E-state index contributed by atoms with van der Waals surface area (Å²) in [6, 6.07) is 6.85. The molecule has 3 nitrogen and oxygen atoms in total. The Kier molecular flexibility index (Phi) is 5.03. The first-order valence-electron chi connectivity index (χ1n) is 6.40. The van der Waals surface area contributed by atoms with Gasteiger partial charge in [0.25, 0.3) is 0 Å². The number of phenols is 1. The van der Waals surface area contributed by atoms with Gasteiger partial charge in [0.2, 0.25) is 0 Å². The highest BCUT2D eigenvalue weighted by Crippen LogP contribution is 2.13. The lowest BCUT2D eigenvalue weighted by atomic mass is 9.51. The number of phenolic OH excluding ortho intramolecular Hbond substituents is 1. The molecule has 1 atom stereocenters. The van der Waals surface area contributed by atoms with Crippen molar-refractivity contribution in [3.05, 3.63) is 29.8 Å². The van der Waals surface area contributed by atoms with Crippen LogP contribution >= 0.6 is 0 Å². The molecule has 0 aromatic heterocycles. The zero-order valence-electron chi connectivity index (χ0n) is 11.7. The molecule has 2 N–H and O–H groups in total.